The molecule has 0 aliphatic carbocycles. The number of aliphatic hydroxyl groups is 1. The summed E-state index contributed by atoms with van der Waals surface area (Å²) < 4.78 is 0. The van der Waals surface area contributed by atoms with Crippen LogP contribution < -0.4 is 4.90 Å². The Labute approximate surface area is 138 Å². The van der Waals surface area contributed by atoms with Gasteiger partial charge in [-0.2, -0.15) is 4.98 Å². The highest BCUT2D eigenvalue weighted by molar-refractivity contribution is 6.42. The van der Waals surface area contributed by atoms with E-state index in [-0.39, 0.29) is 12.0 Å². The predicted octanol–water partition coefficient (Wildman–Crippen LogP) is 3.12. The first-order valence-corrected chi connectivity index (χ1v) is 7.75. The van der Waals surface area contributed by atoms with Crippen molar-refractivity contribution < 1.29 is 10.2 Å². The van der Waals surface area contributed by atoms with Crippen LogP contribution in [0.15, 0.2) is 24.3 Å². The minimum atomic E-state index is -0.263. The SMILES string of the molecule is Oc1cc(N2CCC(O)CC2)nc(-c2ccc(Cl)c(Cl)c2)n1. The first-order chi connectivity index (χ1) is 10.5. The molecule has 5 nitrogen and oxygen atoms in total. The van der Waals surface area contributed by atoms with Crippen LogP contribution in [0.3, 0.4) is 0 Å². The third-order valence-electron chi connectivity index (χ3n) is 3.67. The molecule has 1 aliphatic rings. The van der Waals surface area contributed by atoms with Gasteiger partial charge in [-0.05, 0) is 31.0 Å². The van der Waals surface area contributed by atoms with Gasteiger partial charge in [0.1, 0.15) is 5.82 Å². The topological polar surface area (TPSA) is 69.5 Å². The lowest BCUT2D eigenvalue weighted by atomic mass is 10.1. The summed E-state index contributed by atoms with van der Waals surface area (Å²) in [5.41, 5.74) is 0.684. The summed E-state index contributed by atoms with van der Waals surface area (Å²) in [6, 6.07) is 6.62. The van der Waals surface area contributed by atoms with Gasteiger partial charge in [0.15, 0.2) is 5.82 Å². The maximum absolute atomic E-state index is 9.88. The molecule has 2 heterocycles. The predicted molar refractivity (Wildman–Crippen MR) is 86.6 cm³/mol. The second kappa shape index (κ2) is 6.28. The van der Waals surface area contributed by atoms with Crippen molar-refractivity contribution in [2.75, 3.05) is 18.0 Å². The minimum Gasteiger partial charge on any atom is -0.493 e. The number of benzene rings is 1. The summed E-state index contributed by atoms with van der Waals surface area (Å²) in [6.45, 7) is 1.39. The maximum Gasteiger partial charge on any atom is 0.216 e. The molecule has 1 aromatic carbocycles. The number of nitrogens with zero attached hydrogens (tertiary/aromatic N) is 3. The Morgan fingerprint density at radius 2 is 1.77 bits per heavy atom. The lowest BCUT2D eigenvalue weighted by molar-refractivity contribution is 0.145. The van der Waals surface area contributed by atoms with Crippen LogP contribution in [0.5, 0.6) is 5.88 Å². The van der Waals surface area contributed by atoms with Crippen LogP contribution in [0.4, 0.5) is 5.82 Å². The van der Waals surface area contributed by atoms with Gasteiger partial charge in [-0.3, -0.25) is 0 Å². The van der Waals surface area contributed by atoms with E-state index < -0.39 is 0 Å². The molecule has 1 aliphatic heterocycles. The van der Waals surface area contributed by atoms with Crippen LogP contribution in [0.1, 0.15) is 12.8 Å². The minimum absolute atomic E-state index is 0.0998. The largest absolute Gasteiger partial charge is 0.493 e. The number of aliphatic hydroxyl groups excluding tert-OH is 1. The Balaban J connectivity index is 1.94. The molecular weight excluding hydrogens is 325 g/mol. The second-order valence-electron chi connectivity index (χ2n) is 5.26. The summed E-state index contributed by atoms with van der Waals surface area (Å²) in [5, 5.41) is 20.3. The fraction of sp³-hybridized carbons (Fsp3) is 0.333. The van der Waals surface area contributed by atoms with Crippen LogP contribution in [0.2, 0.25) is 10.0 Å². The van der Waals surface area contributed by atoms with E-state index >= 15 is 0 Å². The summed E-state index contributed by atoms with van der Waals surface area (Å²) in [4.78, 5) is 10.6. The van der Waals surface area contributed by atoms with E-state index in [2.05, 4.69) is 9.97 Å². The number of hydrogen-bond acceptors (Lipinski definition) is 5. The molecule has 0 spiro atoms. The fourth-order valence-electron chi connectivity index (χ4n) is 2.44. The maximum atomic E-state index is 9.88. The Morgan fingerprint density at radius 3 is 2.45 bits per heavy atom. The monoisotopic (exact) mass is 339 g/mol. The Bertz CT molecular complexity index is 688. The van der Waals surface area contributed by atoms with E-state index in [1.165, 1.54) is 6.07 Å². The number of hydrogen-bond donors (Lipinski definition) is 2. The molecule has 0 atom stereocenters. The van der Waals surface area contributed by atoms with Gasteiger partial charge in [-0.1, -0.05) is 23.2 Å². The molecule has 0 amide bonds. The molecule has 1 saturated heterocycles. The first-order valence-electron chi connectivity index (χ1n) is 6.99. The van der Waals surface area contributed by atoms with Crippen molar-refractivity contribution in [3.63, 3.8) is 0 Å². The van der Waals surface area contributed by atoms with E-state index in [1.807, 2.05) is 4.90 Å². The molecule has 22 heavy (non-hydrogen) atoms. The van der Waals surface area contributed by atoms with Gasteiger partial charge in [0.2, 0.25) is 5.88 Å². The Hall–Kier alpha value is -1.56. The van der Waals surface area contributed by atoms with E-state index in [0.29, 0.717) is 53.2 Å². The van der Waals surface area contributed by atoms with E-state index in [0.717, 1.165) is 0 Å². The Kier molecular flexibility index (Phi) is 4.38. The lowest BCUT2D eigenvalue weighted by Crippen LogP contribution is -2.36. The highest BCUT2D eigenvalue weighted by Crippen LogP contribution is 2.29. The second-order valence-corrected chi connectivity index (χ2v) is 6.07. The molecule has 1 fully saturated rings. The highest BCUT2D eigenvalue weighted by atomic mass is 35.5. The molecule has 2 aromatic rings. The van der Waals surface area contributed by atoms with Crippen molar-refractivity contribution in [1.29, 1.82) is 0 Å². The number of piperidine rings is 1. The molecule has 7 heteroatoms. The standard InChI is InChI=1S/C15H15Cl2N3O2/c16-11-2-1-9(7-12(11)17)15-18-13(8-14(22)19-15)20-5-3-10(21)4-6-20/h1-2,7-8,10,21H,3-6H2,(H,18,19,22). The third kappa shape index (κ3) is 3.27. The van der Waals surface area contributed by atoms with E-state index in [9.17, 15) is 10.2 Å². The average Bonchev–Trinajstić information content (AvgIpc) is 2.50. The van der Waals surface area contributed by atoms with Crippen molar-refractivity contribution in [3.05, 3.63) is 34.3 Å². The van der Waals surface area contributed by atoms with E-state index in [1.54, 1.807) is 18.2 Å². The van der Waals surface area contributed by atoms with Crippen LogP contribution in [0, 0.1) is 0 Å². The quantitative estimate of drug-likeness (QED) is 0.879. The Morgan fingerprint density at radius 1 is 1.05 bits per heavy atom. The van der Waals surface area contributed by atoms with Crippen molar-refractivity contribution in [2.24, 2.45) is 0 Å². The third-order valence-corrected chi connectivity index (χ3v) is 4.40. The first kappa shape index (κ1) is 15.3. The number of aromatic nitrogens is 2. The molecule has 1 aromatic heterocycles. The van der Waals surface area contributed by atoms with Crippen molar-refractivity contribution >= 4 is 29.0 Å². The van der Waals surface area contributed by atoms with Gasteiger partial charge in [-0.15, -0.1) is 0 Å². The molecule has 0 radical (unpaired) electrons. The molecule has 0 unspecified atom stereocenters. The van der Waals surface area contributed by atoms with Crippen LogP contribution in [-0.4, -0.2) is 39.4 Å². The molecule has 0 bridgehead atoms. The molecule has 0 saturated carbocycles. The molecule has 2 N–H and O–H groups in total. The lowest BCUT2D eigenvalue weighted by Gasteiger charge is -2.30. The zero-order chi connectivity index (χ0) is 15.7. The summed E-state index contributed by atoms with van der Waals surface area (Å²) in [5.74, 6) is 0.928. The zero-order valence-electron chi connectivity index (χ0n) is 11.7. The average molecular weight is 340 g/mol. The molecular formula is C15H15Cl2N3O2. The van der Waals surface area contributed by atoms with Gasteiger partial charge in [0.25, 0.3) is 0 Å². The summed E-state index contributed by atoms with van der Waals surface area (Å²) in [6.07, 6.45) is 1.11. The van der Waals surface area contributed by atoms with Gasteiger partial charge < -0.3 is 15.1 Å². The number of rotatable bonds is 2. The summed E-state index contributed by atoms with van der Waals surface area (Å²) >= 11 is 11.9. The van der Waals surface area contributed by atoms with E-state index in [4.69, 9.17) is 23.2 Å². The van der Waals surface area contributed by atoms with Gasteiger partial charge in [0, 0.05) is 24.7 Å². The van der Waals surface area contributed by atoms with Crippen LogP contribution in [-0.2, 0) is 0 Å². The van der Waals surface area contributed by atoms with Gasteiger partial charge >= 0.3 is 0 Å². The highest BCUT2D eigenvalue weighted by Gasteiger charge is 2.19. The van der Waals surface area contributed by atoms with Crippen molar-refractivity contribution in [1.82, 2.24) is 9.97 Å². The molecule has 3 rings (SSSR count). The van der Waals surface area contributed by atoms with Crippen molar-refractivity contribution in [2.45, 2.75) is 18.9 Å². The normalized spacial score (nSPS) is 16.0. The fourth-order valence-corrected chi connectivity index (χ4v) is 2.74. The van der Waals surface area contributed by atoms with Crippen molar-refractivity contribution in [3.8, 4) is 17.3 Å². The molecule has 116 valence electrons. The summed E-state index contributed by atoms with van der Waals surface area (Å²) in [7, 11) is 0. The smallest absolute Gasteiger partial charge is 0.216 e. The number of halogens is 2. The van der Waals surface area contributed by atoms with Gasteiger partial charge in [-0.25, -0.2) is 4.98 Å². The number of anilines is 1. The van der Waals surface area contributed by atoms with Crippen LogP contribution in [0.25, 0.3) is 11.4 Å². The van der Waals surface area contributed by atoms with Gasteiger partial charge in [0.05, 0.1) is 16.1 Å². The number of aromatic hydroxyl groups is 1. The van der Waals surface area contributed by atoms with Crippen LogP contribution >= 0.6 is 23.2 Å². The zero-order valence-corrected chi connectivity index (χ0v) is 13.2.